The first-order chi connectivity index (χ1) is 12.0. The Morgan fingerprint density at radius 1 is 1.32 bits per heavy atom. The number of anilines is 1. The third kappa shape index (κ3) is 3.99. The lowest BCUT2D eigenvalue weighted by molar-refractivity contribution is 0.121. The molecule has 0 aliphatic heterocycles. The van der Waals surface area contributed by atoms with Gasteiger partial charge in [-0.2, -0.15) is 0 Å². The average molecular weight is 338 g/mol. The van der Waals surface area contributed by atoms with Crippen LogP contribution < -0.4 is 5.32 Å². The summed E-state index contributed by atoms with van der Waals surface area (Å²) in [4.78, 5) is 12.3. The summed E-state index contributed by atoms with van der Waals surface area (Å²) in [5, 5.41) is 6.81. The fourth-order valence-corrected chi connectivity index (χ4v) is 2.89. The minimum absolute atomic E-state index is 0.0630. The van der Waals surface area contributed by atoms with E-state index in [0.717, 1.165) is 12.0 Å². The number of nitrogens with zero attached hydrogens (tertiary/aromatic N) is 1. The molecule has 1 heterocycles. The van der Waals surface area contributed by atoms with Gasteiger partial charge < -0.3 is 9.26 Å². The number of carbonyl (C=O) groups is 1. The quantitative estimate of drug-likeness (QED) is 0.823. The zero-order valence-corrected chi connectivity index (χ0v) is 14.7. The maximum Gasteiger partial charge on any atom is 0.412 e. The summed E-state index contributed by atoms with van der Waals surface area (Å²) < 4.78 is 11.0. The van der Waals surface area contributed by atoms with Gasteiger partial charge in [0.15, 0.2) is 5.76 Å². The van der Waals surface area contributed by atoms with Gasteiger partial charge in [-0.1, -0.05) is 59.3 Å². The van der Waals surface area contributed by atoms with Crippen LogP contribution in [0.5, 0.6) is 0 Å². The van der Waals surface area contributed by atoms with Crippen molar-refractivity contribution in [1.29, 1.82) is 0 Å². The van der Waals surface area contributed by atoms with E-state index in [4.69, 9.17) is 9.26 Å². The predicted molar refractivity (Wildman–Crippen MR) is 96.5 cm³/mol. The molecule has 1 N–H and O–H groups in total. The molecule has 130 valence electrons. The standard InChI is InChI=1S/C20H22N2O3/c1-13-8-7-11-17(12-13)19-18(14(2)22-25-19)21-20(23)24-15(3)16-9-5-4-6-10-16/h4-11,15,17H,12H2,1-3H3,(H,21,23). The van der Waals surface area contributed by atoms with Crippen molar-refractivity contribution in [1.82, 2.24) is 5.16 Å². The lowest BCUT2D eigenvalue weighted by Crippen LogP contribution is -2.17. The molecule has 0 saturated heterocycles. The molecule has 1 aliphatic carbocycles. The topological polar surface area (TPSA) is 64.4 Å². The van der Waals surface area contributed by atoms with Crippen molar-refractivity contribution < 1.29 is 14.1 Å². The molecule has 25 heavy (non-hydrogen) atoms. The van der Waals surface area contributed by atoms with Crippen LogP contribution in [-0.4, -0.2) is 11.2 Å². The van der Waals surface area contributed by atoms with Gasteiger partial charge in [-0.3, -0.25) is 5.32 Å². The van der Waals surface area contributed by atoms with Gasteiger partial charge >= 0.3 is 6.09 Å². The van der Waals surface area contributed by atoms with E-state index in [9.17, 15) is 4.79 Å². The molecule has 1 aromatic carbocycles. The Morgan fingerprint density at radius 3 is 2.80 bits per heavy atom. The smallest absolute Gasteiger partial charge is 0.412 e. The Bertz CT molecular complexity index is 806. The molecule has 3 rings (SSSR count). The lowest BCUT2D eigenvalue weighted by atomic mass is 9.92. The summed E-state index contributed by atoms with van der Waals surface area (Å²) >= 11 is 0. The zero-order valence-electron chi connectivity index (χ0n) is 14.7. The molecular formula is C20H22N2O3. The van der Waals surface area contributed by atoms with Crippen molar-refractivity contribution >= 4 is 11.8 Å². The summed E-state index contributed by atoms with van der Waals surface area (Å²) in [6.45, 7) is 5.72. The molecule has 0 spiro atoms. The van der Waals surface area contributed by atoms with Crippen LogP contribution in [0.2, 0.25) is 0 Å². The minimum atomic E-state index is -0.518. The maximum absolute atomic E-state index is 12.3. The summed E-state index contributed by atoms with van der Waals surface area (Å²) in [7, 11) is 0. The molecule has 1 aromatic heterocycles. The Labute approximate surface area is 147 Å². The number of amides is 1. The number of aromatic nitrogens is 1. The average Bonchev–Trinajstić information content (AvgIpc) is 2.96. The SMILES string of the molecule is CC1=CC=CC(c2onc(C)c2NC(=O)OC(C)c2ccccc2)C1. The molecule has 5 nitrogen and oxygen atoms in total. The molecular weight excluding hydrogens is 316 g/mol. The Kier molecular flexibility index (Phi) is 5.03. The highest BCUT2D eigenvalue weighted by molar-refractivity contribution is 5.86. The first-order valence-corrected chi connectivity index (χ1v) is 8.37. The van der Waals surface area contributed by atoms with Gasteiger partial charge in [-0.15, -0.1) is 0 Å². The molecule has 1 aliphatic rings. The summed E-state index contributed by atoms with van der Waals surface area (Å²) in [5.41, 5.74) is 3.43. The van der Waals surface area contributed by atoms with Crippen LogP contribution in [0, 0.1) is 6.92 Å². The van der Waals surface area contributed by atoms with Gasteiger partial charge in [-0.05, 0) is 32.8 Å². The van der Waals surface area contributed by atoms with Crippen molar-refractivity contribution in [2.45, 2.75) is 39.2 Å². The van der Waals surface area contributed by atoms with E-state index in [1.165, 1.54) is 5.57 Å². The van der Waals surface area contributed by atoms with Crippen LogP contribution >= 0.6 is 0 Å². The normalized spacial score (nSPS) is 17.7. The van der Waals surface area contributed by atoms with Crippen LogP contribution in [0.15, 0.2) is 58.7 Å². The van der Waals surface area contributed by atoms with Crippen LogP contribution in [0.1, 0.15) is 49.3 Å². The highest BCUT2D eigenvalue weighted by Crippen LogP contribution is 2.35. The molecule has 2 atom stereocenters. The minimum Gasteiger partial charge on any atom is -0.441 e. The van der Waals surface area contributed by atoms with Crippen LogP contribution in [0.3, 0.4) is 0 Å². The highest BCUT2D eigenvalue weighted by atomic mass is 16.6. The van der Waals surface area contributed by atoms with E-state index in [2.05, 4.69) is 29.5 Å². The van der Waals surface area contributed by atoms with Crippen molar-refractivity contribution in [3.63, 3.8) is 0 Å². The largest absolute Gasteiger partial charge is 0.441 e. The molecule has 0 saturated carbocycles. The number of carbonyl (C=O) groups excluding carboxylic acids is 1. The second kappa shape index (κ2) is 7.38. The van der Waals surface area contributed by atoms with Gasteiger partial charge in [0.25, 0.3) is 0 Å². The first-order valence-electron chi connectivity index (χ1n) is 8.37. The Balaban J connectivity index is 1.70. The first kappa shape index (κ1) is 17.0. The molecule has 1 amide bonds. The number of hydrogen-bond donors (Lipinski definition) is 1. The monoisotopic (exact) mass is 338 g/mol. The Morgan fingerprint density at radius 2 is 2.08 bits per heavy atom. The van der Waals surface area contributed by atoms with E-state index in [0.29, 0.717) is 17.1 Å². The number of nitrogens with one attached hydrogen (secondary N) is 1. The van der Waals surface area contributed by atoms with Crippen molar-refractivity contribution in [2.24, 2.45) is 0 Å². The van der Waals surface area contributed by atoms with Gasteiger partial charge in [0.1, 0.15) is 17.5 Å². The van der Waals surface area contributed by atoms with E-state index < -0.39 is 6.09 Å². The van der Waals surface area contributed by atoms with Crippen LogP contribution in [0.25, 0.3) is 0 Å². The number of hydrogen-bond acceptors (Lipinski definition) is 4. The van der Waals surface area contributed by atoms with E-state index >= 15 is 0 Å². The lowest BCUT2D eigenvalue weighted by Gasteiger charge is -2.17. The number of benzene rings is 1. The van der Waals surface area contributed by atoms with E-state index in [1.807, 2.05) is 43.3 Å². The van der Waals surface area contributed by atoms with Gasteiger partial charge in [0.2, 0.25) is 0 Å². The van der Waals surface area contributed by atoms with E-state index in [-0.39, 0.29) is 12.0 Å². The predicted octanol–water partition coefficient (Wildman–Crippen LogP) is 5.28. The zero-order chi connectivity index (χ0) is 17.8. The van der Waals surface area contributed by atoms with Gasteiger partial charge in [-0.25, -0.2) is 4.79 Å². The number of aryl methyl sites for hydroxylation is 1. The molecule has 2 aromatic rings. The van der Waals surface area contributed by atoms with Crippen LogP contribution in [0.4, 0.5) is 10.5 Å². The second-order valence-corrected chi connectivity index (χ2v) is 6.30. The second-order valence-electron chi connectivity index (χ2n) is 6.30. The molecule has 5 heteroatoms. The highest BCUT2D eigenvalue weighted by Gasteiger charge is 2.24. The van der Waals surface area contributed by atoms with Gasteiger partial charge in [0.05, 0.1) is 0 Å². The fourth-order valence-electron chi connectivity index (χ4n) is 2.89. The van der Waals surface area contributed by atoms with E-state index in [1.54, 1.807) is 6.92 Å². The van der Waals surface area contributed by atoms with Gasteiger partial charge in [0, 0.05) is 5.92 Å². The van der Waals surface area contributed by atoms with Crippen molar-refractivity contribution in [3.8, 4) is 0 Å². The fraction of sp³-hybridized carbons (Fsp3) is 0.300. The Hall–Kier alpha value is -2.82. The maximum atomic E-state index is 12.3. The molecule has 0 radical (unpaired) electrons. The molecule has 2 unspecified atom stereocenters. The van der Waals surface area contributed by atoms with Crippen molar-refractivity contribution in [2.75, 3.05) is 5.32 Å². The third-order valence-electron chi connectivity index (χ3n) is 4.27. The summed E-state index contributed by atoms with van der Waals surface area (Å²) in [6, 6.07) is 9.62. The molecule has 0 bridgehead atoms. The van der Waals surface area contributed by atoms with Crippen molar-refractivity contribution in [3.05, 3.63) is 71.2 Å². The summed E-state index contributed by atoms with van der Waals surface area (Å²) in [6.07, 6.45) is 6.11. The number of ether oxygens (including phenoxy) is 1. The third-order valence-corrected chi connectivity index (χ3v) is 4.27. The number of rotatable bonds is 4. The van der Waals surface area contributed by atoms with Crippen LogP contribution in [-0.2, 0) is 4.74 Å². The number of allylic oxidation sites excluding steroid dienone is 4. The molecule has 0 fully saturated rings. The summed E-state index contributed by atoms with van der Waals surface area (Å²) in [5.74, 6) is 0.721.